The summed E-state index contributed by atoms with van der Waals surface area (Å²) in [5.41, 5.74) is 14.2. The van der Waals surface area contributed by atoms with Crippen molar-refractivity contribution in [2.45, 2.75) is 37.6 Å². The maximum atomic E-state index is 11.4. The molecule has 19 heavy (non-hydrogen) atoms. The van der Waals surface area contributed by atoms with Crippen molar-refractivity contribution in [3.8, 4) is 0 Å². The Balaban J connectivity index is 2.07. The van der Waals surface area contributed by atoms with Crippen LogP contribution in [0.15, 0.2) is 24.4 Å². The van der Waals surface area contributed by atoms with Crippen molar-refractivity contribution >= 4 is 16.8 Å². The van der Waals surface area contributed by atoms with Gasteiger partial charge >= 0.3 is 0 Å². The quantitative estimate of drug-likeness (QED) is 0.770. The predicted octanol–water partition coefficient (Wildman–Crippen LogP) is 2.25. The van der Waals surface area contributed by atoms with E-state index in [2.05, 4.69) is 4.98 Å². The summed E-state index contributed by atoms with van der Waals surface area (Å²) in [6, 6.07) is 6.19. The standard InChI is InChI=1S/C15H19N3O/c16-10-3-1-2-9(8-10)11-4-5-13(15(17)19)14-12(11)6-7-18-14/h4-7,9-10,18H,1-3,8,16H2,(H2,17,19)/t9-,10+/m1/s1. The summed E-state index contributed by atoms with van der Waals surface area (Å²) in [4.78, 5) is 14.6. The number of carbonyl (C=O) groups is 1. The van der Waals surface area contributed by atoms with Crippen LogP contribution in [0.2, 0.25) is 0 Å². The molecule has 4 heteroatoms. The van der Waals surface area contributed by atoms with E-state index < -0.39 is 0 Å². The van der Waals surface area contributed by atoms with Gasteiger partial charge in [-0.1, -0.05) is 12.5 Å². The Kier molecular flexibility index (Phi) is 3.03. The van der Waals surface area contributed by atoms with E-state index >= 15 is 0 Å². The molecular formula is C15H19N3O. The van der Waals surface area contributed by atoms with Crippen molar-refractivity contribution in [1.82, 2.24) is 4.98 Å². The van der Waals surface area contributed by atoms with Gasteiger partial charge in [0.05, 0.1) is 11.1 Å². The van der Waals surface area contributed by atoms with Crippen molar-refractivity contribution in [3.63, 3.8) is 0 Å². The number of hydrogen-bond donors (Lipinski definition) is 3. The first-order valence-corrected chi connectivity index (χ1v) is 6.82. The molecule has 1 aromatic carbocycles. The average molecular weight is 257 g/mol. The number of primary amides is 1. The van der Waals surface area contributed by atoms with Crippen molar-refractivity contribution in [2.75, 3.05) is 0 Å². The van der Waals surface area contributed by atoms with Gasteiger partial charge in [0.2, 0.25) is 0 Å². The molecule has 4 nitrogen and oxygen atoms in total. The summed E-state index contributed by atoms with van der Waals surface area (Å²) >= 11 is 0. The van der Waals surface area contributed by atoms with E-state index in [0.717, 1.165) is 23.7 Å². The largest absolute Gasteiger partial charge is 0.366 e. The number of nitrogens with two attached hydrogens (primary N) is 2. The topological polar surface area (TPSA) is 84.9 Å². The second kappa shape index (κ2) is 4.70. The van der Waals surface area contributed by atoms with Crippen LogP contribution >= 0.6 is 0 Å². The third-order valence-corrected chi connectivity index (χ3v) is 4.18. The van der Waals surface area contributed by atoms with Crippen LogP contribution in [-0.2, 0) is 0 Å². The summed E-state index contributed by atoms with van der Waals surface area (Å²) in [6.45, 7) is 0. The zero-order valence-corrected chi connectivity index (χ0v) is 10.9. The van der Waals surface area contributed by atoms with Gasteiger partial charge in [0.25, 0.3) is 5.91 Å². The Morgan fingerprint density at radius 2 is 2.11 bits per heavy atom. The third-order valence-electron chi connectivity index (χ3n) is 4.18. The van der Waals surface area contributed by atoms with Crippen molar-refractivity contribution in [2.24, 2.45) is 11.5 Å². The Morgan fingerprint density at radius 1 is 1.26 bits per heavy atom. The van der Waals surface area contributed by atoms with Crippen LogP contribution in [0.25, 0.3) is 10.9 Å². The van der Waals surface area contributed by atoms with Gasteiger partial charge in [0.1, 0.15) is 0 Å². The molecule has 100 valence electrons. The van der Waals surface area contributed by atoms with E-state index in [4.69, 9.17) is 11.5 Å². The highest BCUT2D eigenvalue weighted by molar-refractivity contribution is 6.05. The van der Waals surface area contributed by atoms with Crippen LogP contribution in [-0.4, -0.2) is 16.9 Å². The highest BCUT2D eigenvalue weighted by Crippen LogP contribution is 2.36. The van der Waals surface area contributed by atoms with Crippen molar-refractivity contribution in [1.29, 1.82) is 0 Å². The molecule has 1 heterocycles. The van der Waals surface area contributed by atoms with E-state index in [9.17, 15) is 4.79 Å². The third kappa shape index (κ3) is 2.12. The van der Waals surface area contributed by atoms with Crippen LogP contribution in [0, 0.1) is 0 Å². The number of aromatic nitrogens is 1. The molecule has 5 N–H and O–H groups in total. The molecule has 2 atom stereocenters. The Hall–Kier alpha value is -1.81. The number of aromatic amines is 1. The molecular weight excluding hydrogens is 238 g/mol. The van der Waals surface area contributed by atoms with Crippen LogP contribution in [0.4, 0.5) is 0 Å². The predicted molar refractivity (Wildman–Crippen MR) is 76.0 cm³/mol. The minimum absolute atomic E-state index is 0.295. The molecule has 1 aliphatic carbocycles. The van der Waals surface area contributed by atoms with E-state index in [0.29, 0.717) is 17.5 Å². The second-order valence-corrected chi connectivity index (χ2v) is 5.46. The fraction of sp³-hybridized carbons (Fsp3) is 0.400. The minimum atomic E-state index is -0.389. The van der Waals surface area contributed by atoms with Gasteiger partial charge in [-0.05, 0) is 42.9 Å². The number of fused-ring (bicyclic) bond motifs is 1. The van der Waals surface area contributed by atoms with Gasteiger partial charge in [0, 0.05) is 17.6 Å². The molecule has 0 radical (unpaired) electrons. The number of H-pyrrole nitrogens is 1. The summed E-state index contributed by atoms with van der Waals surface area (Å²) in [6.07, 6.45) is 6.35. The molecule has 0 unspecified atom stereocenters. The fourth-order valence-electron chi connectivity index (χ4n) is 3.25. The van der Waals surface area contributed by atoms with Gasteiger partial charge in [0.15, 0.2) is 0 Å². The number of carbonyl (C=O) groups excluding carboxylic acids is 1. The lowest BCUT2D eigenvalue weighted by Crippen LogP contribution is -2.27. The maximum Gasteiger partial charge on any atom is 0.250 e. The van der Waals surface area contributed by atoms with E-state index in [1.165, 1.54) is 18.4 Å². The zero-order valence-electron chi connectivity index (χ0n) is 10.9. The number of nitrogens with one attached hydrogen (secondary N) is 1. The molecule has 3 rings (SSSR count). The lowest BCUT2D eigenvalue weighted by atomic mass is 9.80. The van der Waals surface area contributed by atoms with Gasteiger partial charge in [-0.15, -0.1) is 0 Å². The molecule has 1 aromatic heterocycles. The van der Waals surface area contributed by atoms with Gasteiger partial charge in [-0.2, -0.15) is 0 Å². The SMILES string of the molecule is NC(=O)c1ccc([C@@H]2CCC[C@H](N)C2)c2cc[nH]c12. The highest BCUT2D eigenvalue weighted by Gasteiger charge is 2.23. The maximum absolute atomic E-state index is 11.4. The van der Waals surface area contributed by atoms with E-state index in [1.807, 2.05) is 24.4 Å². The Labute approximate surface area is 112 Å². The van der Waals surface area contributed by atoms with Gasteiger partial charge in [-0.25, -0.2) is 0 Å². The normalized spacial score (nSPS) is 23.6. The van der Waals surface area contributed by atoms with Crippen molar-refractivity contribution in [3.05, 3.63) is 35.5 Å². The molecule has 1 saturated carbocycles. The zero-order chi connectivity index (χ0) is 13.4. The van der Waals surface area contributed by atoms with Crippen LogP contribution in [0.5, 0.6) is 0 Å². The summed E-state index contributed by atoms with van der Waals surface area (Å²) in [5, 5.41) is 1.11. The first-order valence-electron chi connectivity index (χ1n) is 6.82. The lowest BCUT2D eigenvalue weighted by Gasteiger charge is -2.27. The summed E-state index contributed by atoms with van der Waals surface area (Å²) < 4.78 is 0. The van der Waals surface area contributed by atoms with Crippen LogP contribution < -0.4 is 11.5 Å². The fourth-order valence-corrected chi connectivity index (χ4v) is 3.25. The lowest BCUT2D eigenvalue weighted by molar-refractivity contribution is 0.100. The molecule has 0 spiro atoms. The highest BCUT2D eigenvalue weighted by atomic mass is 16.1. The van der Waals surface area contributed by atoms with Gasteiger partial charge in [-0.3, -0.25) is 4.79 Å². The first kappa shape index (κ1) is 12.2. The molecule has 0 aliphatic heterocycles. The van der Waals surface area contributed by atoms with Crippen molar-refractivity contribution < 1.29 is 4.79 Å². The number of amides is 1. The molecule has 0 bridgehead atoms. The Morgan fingerprint density at radius 3 is 2.84 bits per heavy atom. The van der Waals surface area contributed by atoms with Crippen LogP contribution in [0.3, 0.4) is 0 Å². The first-order chi connectivity index (χ1) is 9.16. The number of hydrogen-bond acceptors (Lipinski definition) is 2. The monoisotopic (exact) mass is 257 g/mol. The molecule has 1 amide bonds. The molecule has 0 saturated heterocycles. The smallest absolute Gasteiger partial charge is 0.250 e. The Bertz CT molecular complexity index is 617. The second-order valence-electron chi connectivity index (χ2n) is 5.46. The molecule has 2 aromatic rings. The number of benzene rings is 1. The molecule has 1 aliphatic rings. The van der Waals surface area contributed by atoms with E-state index in [1.54, 1.807) is 0 Å². The molecule has 1 fully saturated rings. The van der Waals surface area contributed by atoms with Crippen LogP contribution in [0.1, 0.15) is 47.5 Å². The summed E-state index contributed by atoms with van der Waals surface area (Å²) in [5.74, 6) is 0.100. The minimum Gasteiger partial charge on any atom is -0.366 e. The van der Waals surface area contributed by atoms with Gasteiger partial charge < -0.3 is 16.5 Å². The number of rotatable bonds is 2. The summed E-state index contributed by atoms with van der Waals surface area (Å²) in [7, 11) is 0. The average Bonchev–Trinajstić information content (AvgIpc) is 2.86. The van der Waals surface area contributed by atoms with E-state index in [-0.39, 0.29) is 5.91 Å².